The zero-order valence-electron chi connectivity index (χ0n) is 11.6. The summed E-state index contributed by atoms with van der Waals surface area (Å²) in [5.74, 6) is 2.45. The summed E-state index contributed by atoms with van der Waals surface area (Å²) in [4.78, 5) is 13.9. The molecule has 0 unspecified atom stereocenters. The van der Waals surface area contributed by atoms with Crippen molar-refractivity contribution in [2.24, 2.45) is 0 Å². The lowest BCUT2D eigenvalue weighted by molar-refractivity contribution is -0.131. The largest absolute Gasteiger partial charge is 0.394 e. The van der Waals surface area contributed by atoms with Gasteiger partial charge in [0.1, 0.15) is 6.04 Å². The number of carbonyl (C=O) groups excluding carboxylic acids is 1. The van der Waals surface area contributed by atoms with Gasteiger partial charge in [-0.25, -0.2) is 0 Å². The molecule has 0 spiro atoms. The second-order valence-corrected chi connectivity index (χ2v) is 5.70. The maximum Gasteiger partial charge on any atom is 0.238 e. The number of amides is 1. The second-order valence-electron chi connectivity index (χ2n) is 5.70. The van der Waals surface area contributed by atoms with Crippen LogP contribution in [0.5, 0.6) is 0 Å². The molecule has 1 saturated heterocycles. The molecule has 0 radical (unpaired) electrons. The van der Waals surface area contributed by atoms with Crippen LogP contribution in [0.2, 0.25) is 0 Å². The van der Waals surface area contributed by atoms with E-state index in [4.69, 9.17) is 11.7 Å². The molecule has 2 N–H and O–H groups in total. The van der Waals surface area contributed by atoms with E-state index in [0.717, 1.165) is 25.7 Å². The summed E-state index contributed by atoms with van der Waals surface area (Å²) in [7, 11) is 0. The minimum atomic E-state index is -0.418. The third-order valence-corrected chi connectivity index (χ3v) is 4.49. The molecule has 5 heteroatoms. The van der Waals surface area contributed by atoms with Crippen molar-refractivity contribution in [1.82, 2.24) is 10.2 Å². The van der Waals surface area contributed by atoms with E-state index >= 15 is 0 Å². The van der Waals surface area contributed by atoms with Crippen LogP contribution in [0.4, 0.5) is 0 Å². The Morgan fingerprint density at radius 3 is 2.60 bits per heavy atom. The van der Waals surface area contributed by atoms with E-state index in [2.05, 4.69) is 17.3 Å². The van der Waals surface area contributed by atoms with Gasteiger partial charge in [-0.3, -0.25) is 4.79 Å². The van der Waals surface area contributed by atoms with E-state index in [-0.39, 0.29) is 30.6 Å². The summed E-state index contributed by atoms with van der Waals surface area (Å²) in [6.07, 6.45) is 10.7. The van der Waals surface area contributed by atoms with Gasteiger partial charge in [0.15, 0.2) is 0 Å². The number of carbonyl (C=O) groups is 1. The van der Waals surface area contributed by atoms with Gasteiger partial charge < -0.3 is 15.3 Å². The zero-order valence-corrected chi connectivity index (χ0v) is 11.6. The number of likely N-dealkylation sites (tertiary alicyclic amines) is 1. The lowest BCUT2D eigenvalue weighted by Gasteiger charge is -2.30. The topological polar surface area (TPSA) is 76.4 Å². The normalized spacial score (nSPS) is 28.1. The van der Waals surface area contributed by atoms with Gasteiger partial charge in [-0.15, -0.1) is 6.42 Å². The zero-order chi connectivity index (χ0) is 14.6. The quantitative estimate of drug-likeness (QED) is 0.728. The molecule has 0 aromatic heterocycles. The predicted molar refractivity (Wildman–Crippen MR) is 74.4 cm³/mol. The molecule has 1 saturated carbocycles. The number of hydrogen-bond donors (Lipinski definition) is 2. The molecule has 2 rings (SSSR count). The average Bonchev–Trinajstić information content (AvgIpc) is 3.11. The van der Waals surface area contributed by atoms with Crippen molar-refractivity contribution in [3.63, 3.8) is 0 Å². The second kappa shape index (κ2) is 6.26. The Hall–Kier alpha value is -1.56. The molecule has 0 aromatic carbocycles. The van der Waals surface area contributed by atoms with E-state index in [0.29, 0.717) is 12.8 Å². The Bertz CT molecular complexity index is 421. The number of nitrogens with zero attached hydrogens (tertiary/aromatic N) is 2. The molecule has 2 atom stereocenters. The molecule has 1 aliphatic carbocycles. The third-order valence-electron chi connectivity index (χ3n) is 4.49. The Morgan fingerprint density at radius 1 is 1.40 bits per heavy atom. The van der Waals surface area contributed by atoms with Gasteiger partial charge in [0.05, 0.1) is 25.3 Å². The van der Waals surface area contributed by atoms with Gasteiger partial charge in [0.25, 0.3) is 0 Å². The first-order valence-electron chi connectivity index (χ1n) is 7.18. The number of hydrogen-bond acceptors (Lipinski definition) is 4. The van der Waals surface area contributed by atoms with Crippen LogP contribution in [0.1, 0.15) is 38.5 Å². The molecule has 108 valence electrons. The number of rotatable bonds is 4. The summed E-state index contributed by atoms with van der Waals surface area (Å²) < 4.78 is 0. The van der Waals surface area contributed by atoms with Gasteiger partial charge >= 0.3 is 0 Å². The average molecular weight is 275 g/mol. The lowest BCUT2D eigenvalue weighted by atomic mass is 9.99. The molecule has 2 aliphatic rings. The highest BCUT2D eigenvalue weighted by atomic mass is 16.3. The standard InChI is InChI=1S/C15H21N3O2/c1-2-12-5-6-13(9-16)18(12)14(20)10-17-15(11-19)7-3-4-8-15/h1,12-13,17,19H,3-8,10-11H2/t12-,13-/m1/s1. The Kier molecular flexibility index (Phi) is 4.65. The van der Waals surface area contributed by atoms with Gasteiger partial charge in [0, 0.05) is 5.54 Å². The van der Waals surface area contributed by atoms with Gasteiger partial charge in [0.2, 0.25) is 5.91 Å². The Labute approximate surface area is 119 Å². The van der Waals surface area contributed by atoms with Crippen LogP contribution in [0.25, 0.3) is 0 Å². The molecule has 1 amide bonds. The number of nitrogens with one attached hydrogen (secondary N) is 1. The van der Waals surface area contributed by atoms with E-state index in [1.54, 1.807) is 0 Å². The summed E-state index contributed by atoms with van der Waals surface area (Å²) in [6.45, 7) is 0.178. The van der Waals surface area contributed by atoms with Gasteiger partial charge in [-0.2, -0.15) is 5.26 Å². The van der Waals surface area contributed by atoms with Crippen molar-refractivity contribution in [3.05, 3.63) is 0 Å². The van der Waals surface area contributed by atoms with Crippen molar-refractivity contribution < 1.29 is 9.90 Å². The van der Waals surface area contributed by atoms with E-state index in [9.17, 15) is 9.90 Å². The molecule has 1 heterocycles. The van der Waals surface area contributed by atoms with E-state index in [1.165, 1.54) is 4.90 Å². The minimum Gasteiger partial charge on any atom is -0.394 e. The van der Waals surface area contributed by atoms with Crippen LogP contribution in [0.3, 0.4) is 0 Å². The molecular formula is C15H21N3O2. The van der Waals surface area contributed by atoms with Gasteiger partial charge in [-0.05, 0) is 25.7 Å². The highest BCUT2D eigenvalue weighted by Crippen LogP contribution is 2.29. The number of aliphatic hydroxyl groups excluding tert-OH is 1. The highest BCUT2D eigenvalue weighted by Gasteiger charge is 2.38. The van der Waals surface area contributed by atoms with Crippen molar-refractivity contribution in [1.29, 1.82) is 5.26 Å². The maximum absolute atomic E-state index is 12.3. The van der Waals surface area contributed by atoms with E-state index in [1.807, 2.05) is 0 Å². The monoisotopic (exact) mass is 275 g/mol. The van der Waals surface area contributed by atoms with Gasteiger partial charge in [-0.1, -0.05) is 18.8 Å². The van der Waals surface area contributed by atoms with Crippen molar-refractivity contribution >= 4 is 5.91 Å². The van der Waals surface area contributed by atoms with Crippen molar-refractivity contribution in [3.8, 4) is 18.4 Å². The summed E-state index contributed by atoms with van der Waals surface area (Å²) in [6, 6.07) is 1.45. The smallest absolute Gasteiger partial charge is 0.238 e. The van der Waals surface area contributed by atoms with Crippen molar-refractivity contribution in [2.45, 2.75) is 56.1 Å². The third kappa shape index (κ3) is 2.80. The summed E-state index contributed by atoms with van der Waals surface area (Å²) >= 11 is 0. The molecule has 5 nitrogen and oxygen atoms in total. The molecule has 1 aliphatic heterocycles. The van der Waals surface area contributed by atoms with Crippen LogP contribution in [-0.4, -0.2) is 46.7 Å². The highest BCUT2D eigenvalue weighted by molar-refractivity contribution is 5.80. The van der Waals surface area contributed by atoms with Crippen LogP contribution < -0.4 is 5.32 Å². The van der Waals surface area contributed by atoms with Crippen molar-refractivity contribution in [2.75, 3.05) is 13.2 Å². The maximum atomic E-state index is 12.3. The SMILES string of the molecule is C#C[C@@H]1CC[C@H](C#N)N1C(=O)CNC1(CO)CCCC1. The number of nitriles is 1. The predicted octanol–water partition coefficient (Wildman–Crippen LogP) is 0.397. The van der Waals surface area contributed by atoms with E-state index < -0.39 is 6.04 Å². The first-order valence-corrected chi connectivity index (χ1v) is 7.18. The Balaban J connectivity index is 1.97. The fraction of sp³-hybridized carbons (Fsp3) is 0.733. The minimum absolute atomic E-state index is 0.0422. The summed E-state index contributed by atoms with van der Waals surface area (Å²) in [5, 5.41) is 21.8. The first kappa shape index (κ1) is 14.8. The Morgan fingerprint density at radius 2 is 2.05 bits per heavy atom. The van der Waals surface area contributed by atoms with Crippen LogP contribution in [-0.2, 0) is 4.79 Å². The van der Waals surface area contributed by atoms with Crippen LogP contribution >= 0.6 is 0 Å². The molecule has 0 aromatic rings. The number of terminal acetylenes is 1. The molecule has 2 fully saturated rings. The fourth-order valence-electron chi connectivity index (χ4n) is 3.25. The molecule has 20 heavy (non-hydrogen) atoms. The molecular weight excluding hydrogens is 254 g/mol. The first-order chi connectivity index (χ1) is 9.65. The van der Waals surface area contributed by atoms with Crippen LogP contribution in [0, 0.1) is 23.7 Å². The fourth-order valence-corrected chi connectivity index (χ4v) is 3.25. The number of aliphatic hydroxyl groups is 1. The molecule has 0 bridgehead atoms. The summed E-state index contributed by atoms with van der Waals surface area (Å²) in [5.41, 5.74) is -0.330. The lowest BCUT2D eigenvalue weighted by Crippen LogP contribution is -2.52. The van der Waals surface area contributed by atoms with Crippen LogP contribution in [0.15, 0.2) is 0 Å².